The number of methoxy groups -OCH3 is 1. The highest BCUT2D eigenvalue weighted by Gasteiger charge is 2.07. The third-order valence-corrected chi connectivity index (χ3v) is 3.90. The molecule has 0 spiro atoms. The molecule has 3 N–H and O–H groups in total. The molecule has 0 aromatic heterocycles. The molecular weight excluding hydrogens is 354 g/mol. The first-order valence-electron chi connectivity index (χ1n) is 8.16. The molecule has 0 aliphatic rings. The Kier molecular flexibility index (Phi) is 7.44. The van der Waals surface area contributed by atoms with Crippen LogP contribution < -0.4 is 16.0 Å². The maximum absolute atomic E-state index is 12.1. The molecule has 26 heavy (non-hydrogen) atoms. The van der Waals surface area contributed by atoms with E-state index in [4.69, 9.17) is 16.3 Å². The first-order valence-corrected chi connectivity index (χ1v) is 8.54. The maximum Gasteiger partial charge on any atom is 0.251 e. The highest BCUT2D eigenvalue weighted by molar-refractivity contribution is 6.31. The van der Waals surface area contributed by atoms with Crippen LogP contribution in [0.2, 0.25) is 5.02 Å². The average Bonchev–Trinajstić information content (AvgIpc) is 2.63. The monoisotopic (exact) mass is 375 g/mol. The van der Waals surface area contributed by atoms with Crippen molar-refractivity contribution in [3.63, 3.8) is 0 Å². The van der Waals surface area contributed by atoms with Crippen LogP contribution in [0.5, 0.6) is 0 Å². The number of carbonyl (C=O) groups is 2. The van der Waals surface area contributed by atoms with E-state index in [1.54, 1.807) is 43.5 Å². The number of halogens is 1. The van der Waals surface area contributed by atoms with Crippen LogP contribution >= 0.6 is 11.6 Å². The second-order valence-electron chi connectivity index (χ2n) is 5.69. The fraction of sp³-hybridized carbons (Fsp3) is 0.263. The minimum atomic E-state index is -0.184. The molecule has 2 aromatic carbocycles. The van der Waals surface area contributed by atoms with Gasteiger partial charge < -0.3 is 20.7 Å². The van der Waals surface area contributed by atoms with E-state index in [9.17, 15) is 9.59 Å². The van der Waals surface area contributed by atoms with Gasteiger partial charge in [-0.25, -0.2) is 0 Å². The van der Waals surface area contributed by atoms with Crippen LogP contribution in [0.4, 0.5) is 11.4 Å². The number of carbonyl (C=O) groups excluding carboxylic acids is 2. The number of nitrogens with one attached hydrogen (secondary N) is 3. The van der Waals surface area contributed by atoms with Crippen LogP contribution in [0.3, 0.4) is 0 Å². The number of ether oxygens (including phenoxy) is 1. The number of hydrogen-bond acceptors (Lipinski definition) is 4. The van der Waals surface area contributed by atoms with Crippen molar-refractivity contribution in [1.29, 1.82) is 0 Å². The summed E-state index contributed by atoms with van der Waals surface area (Å²) in [5, 5.41) is 9.15. The molecular formula is C19H22ClN3O3. The Morgan fingerprint density at radius 3 is 2.54 bits per heavy atom. The molecule has 2 aromatic rings. The lowest BCUT2D eigenvalue weighted by Crippen LogP contribution is -2.26. The predicted octanol–water partition coefficient (Wildman–Crippen LogP) is 3.08. The zero-order valence-corrected chi connectivity index (χ0v) is 15.5. The van der Waals surface area contributed by atoms with Gasteiger partial charge in [0.05, 0.1) is 13.2 Å². The van der Waals surface area contributed by atoms with Gasteiger partial charge in [-0.1, -0.05) is 17.7 Å². The van der Waals surface area contributed by atoms with Gasteiger partial charge in [0.2, 0.25) is 5.91 Å². The van der Waals surface area contributed by atoms with Gasteiger partial charge in [0.25, 0.3) is 5.91 Å². The summed E-state index contributed by atoms with van der Waals surface area (Å²) < 4.78 is 4.89. The van der Waals surface area contributed by atoms with Gasteiger partial charge in [-0.05, 0) is 48.9 Å². The van der Waals surface area contributed by atoms with Crippen LogP contribution in [0.1, 0.15) is 15.9 Å². The topological polar surface area (TPSA) is 79.5 Å². The van der Waals surface area contributed by atoms with Gasteiger partial charge in [-0.3, -0.25) is 9.59 Å². The predicted molar refractivity (Wildman–Crippen MR) is 104 cm³/mol. The van der Waals surface area contributed by atoms with Crippen molar-refractivity contribution >= 4 is 34.8 Å². The lowest BCUT2D eigenvalue weighted by molar-refractivity contribution is -0.114. The first-order chi connectivity index (χ1) is 12.5. The van der Waals surface area contributed by atoms with E-state index in [1.165, 1.54) is 0 Å². The molecule has 0 bridgehead atoms. The normalized spacial score (nSPS) is 10.3. The number of amides is 2. The molecule has 0 atom stereocenters. The molecule has 0 saturated heterocycles. The molecule has 0 heterocycles. The summed E-state index contributed by atoms with van der Waals surface area (Å²) in [7, 11) is 1.58. The SMILES string of the molecule is COCCNC(=O)c1ccc(NCC(=O)Nc2cc(Cl)ccc2C)cc1. The maximum atomic E-state index is 12.1. The van der Waals surface area contributed by atoms with Gasteiger partial charge in [-0.15, -0.1) is 0 Å². The highest BCUT2D eigenvalue weighted by atomic mass is 35.5. The fourth-order valence-electron chi connectivity index (χ4n) is 2.21. The molecule has 0 fully saturated rings. The van der Waals surface area contributed by atoms with Gasteiger partial charge in [-0.2, -0.15) is 0 Å². The standard InChI is InChI=1S/C19H22ClN3O3/c1-13-3-6-15(20)11-17(13)23-18(24)12-22-16-7-4-14(5-8-16)19(25)21-9-10-26-2/h3-8,11,22H,9-10,12H2,1-2H3,(H,21,25)(H,23,24). The summed E-state index contributed by atoms with van der Waals surface area (Å²) in [6.45, 7) is 2.92. The van der Waals surface area contributed by atoms with Crippen molar-refractivity contribution in [3.8, 4) is 0 Å². The number of benzene rings is 2. The summed E-state index contributed by atoms with van der Waals surface area (Å²) in [5.41, 5.74) is 2.92. The van der Waals surface area contributed by atoms with E-state index in [1.807, 2.05) is 13.0 Å². The van der Waals surface area contributed by atoms with Crippen LogP contribution in [-0.4, -0.2) is 38.6 Å². The molecule has 2 rings (SSSR count). The van der Waals surface area contributed by atoms with E-state index in [-0.39, 0.29) is 18.4 Å². The third-order valence-electron chi connectivity index (χ3n) is 3.67. The molecule has 0 aliphatic carbocycles. The first kappa shape index (κ1) is 19.8. The number of anilines is 2. The minimum Gasteiger partial charge on any atom is -0.383 e. The Hall–Kier alpha value is -2.57. The molecule has 0 aliphatic heterocycles. The van der Waals surface area contributed by atoms with Gasteiger partial charge >= 0.3 is 0 Å². The molecule has 6 nitrogen and oxygen atoms in total. The van der Waals surface area contributed by atoms with E-state index in [0.29, 0.717) is 29.4 Å². The van der Waals surface area contributed by atoms with Crippen LogP contribution in [0.15, 0.2) is 42.5 Å². The summed E-state index contributed by atoms with van der Waals surface area (Å²) in [6, 6.07) is 12.2. The second kappa shape index (κ2) is 9.79. The molecule has 0 radical (unpaired) electrons. The van der Waals surface area contributed by atoms with Crippen molar-refractivity contribution in [1.82, 2.24) is 5.32 Å². The van der Waals surface area contributed by atoms with Crippen molar-refractivity contribution < 1.29 is 14.3 Å². The second-order valence-corrected chi connectivity index (χ2v) is 6.12. The Labute approximate surface area is 157 Å². The molecule has 7 heteroatoms. The van der Waals surface area contributed by atoms with Crippen molar-refractivity contribution in [3.05, 3.63) is 58.6 Å². The zero-order chi connectivity index (χ0) is 18.9. The molecule has 2 amide bonds. The number of rotatable bonds is 8. The summed E-state index contributed by atoms with van der Waals surface area (Å²) >= 11 is 5.95. The fourth-order valence-corrected chi connectivity index (χ4v) is 2.39. The smallest absolute Gasteiger partial charge is 0.251 e. The largest absolute Gasteiger partial charge is 0.383 e. The van der Waals surface area contributed by atoms with Crippen molar-refractivity contribution in [2.45, 2.75) is 6.92 Å². The molecule has 0 unspecified atom stereocenters. The summed E-state index contributed by atoms with van der Waals surface area (Å²) in [4.78, 5) is 24.0. The number of aryl methyl sites for hydroxylation is 1. The minimum absolute atomic E-state index is 0.103. The zero-order valence-electron chi connectivity index (χ0n) is 14.8. The Morgan fingerprint density at radius 2 is 1.85 bits per heavy atom. The quantitative estimate of drug-likeness (QED) is 0.619. The third kappa shape index (κ3) is 6.06. The van der Waals surface area contributed by atoms with Crippen molar-refractivity contribution in [2.24, 2.45) is 0 Å². The van der Waals surface area contributed by atoms with Gasteiger partial charge in [0, 0.05) is 35.6 Å². The average molecular weight is 376 g/mol. The van der Waals surface area contributed by atoms with Gasteiger partial charge in [0.1, 0.15) is 0 Å². The van der Waals surface area contributed by atoms with Crippen LogP contribution in [0, 0.1) is 6.92 Å². The van der Waals surface area contributed by atoms with E-state index < -0.39 is 0 Å². The van der Waals surface area contributed by atoms with Gasteiger partial charge in [0.15, 0.2) is 0 Å². The van der Waals surface area contributed by atoms with E-state index in [0.717, 1.165) is 11.3 Å². The lowest BCUT2D eigenvalue weighted by atomic mass is 10.2. The molecule has 0 saturated carbocycles. The van der Waals surface area contributed by atoms with E-state index in [2.05, 4.69) is 16.0 Å². The summed E-state index contributed by atoms with van der Waals surface area (Å²) in [6.07, 6.45) is 0. The van der Waals surface area contributed by atoms with Crippen LogP contribution in [0.25, 0.3) is 0 Å². The molecule has 138 valence electrons. The summed E-state index contributed by atoms with van der Waals surface area (Å²) in [5.74, 6) is -0.348. The van der Waals surface area contributed by atoms with Crippen molar-refractivity contribution in [2.75, 3.05) is 37.4 Å². The Balaban J connectivity index is 1.84. The Morgan fingerprint density at radius 1 is 1.12 bits per heavy atom. The lowest BCUT2D eigenvalue weighted by Gasteiger charge is -2.11. The number of hydrogen-bond donors (Lipinski definition) is 3. The highest BCUT2D eigenvalue weighted by Crippen LogP contribution is 2.20. The van der Waals surface area contributed by atoms with Crippen LogP contribution in [-0.2, 0) is 9.53 Å². The van der Waals surface area contributed by atoms with E-state index >= 15 is 0 Å². The Bertz CT molecular complexity index is 763.